The number of amides is 1. The minimum Gasteiger partial charge on any atom is -0.444 e. The second-order valence-electron chi connectivity index (χ2n) is 9.83. The van der Waals surface area contributed by atoms with E-state index in [0.717, 1.165) is 29.4 Å². The van der Waals surface area contributed by atoms with Crippen LogP contribution in [-0.2, 0) is 21.5 Å². The number of nitrogens with zero attached hydrogens (tertiary/aromatic N) is 2. The van der Waals surface area contributed by atoms with Crippen molar-refractivity contribution in [1.82, 2.24) is 14.9 Å². The average molecular weight is 436 g/mol. The highest BCUT2D eigenvalue weighted by Crippen LogP contribution is 2.36. The van der Waals surface area contributed by atoms with Crippen molar-refractivity contribution >= 4 is 17.1 Å². The number of aromatic amines is 1. The summed E-state index contributed by atoms with van der Waals surface area (Å²) < 4.78 is 11.9. The van der Waals surface area contributed by atoms with E-state index in [2.05, 4.69) is 53.3 Å². The van der Waals surface area contributed by atoms with Gasteiger partial charge in [-0.15, -0.1) is 0 Å². The molecule has 1 fully saturated rings. The summed E-state index contributed by atoms with van der Waals surface area (Å²) in [6.45, 7) is 10.2. The number of imidazole rings is 1. The molecule has 2 aromatic carbocycles. The van der Waals surface area contributed by atoms with Crippen molar-refractivity contribution in [2.45, 2.75) is 58.2 Å². The van der Waals surface area contributed by atoms with Gasteiger partial charge in [0.05, 0.1) is 30.6 Å². The number of hydrogen-bond donors (Lipinski definition) is 1. The van der Waals surface area contributed by atoms with Gasteiger partial charge in [0.15, 0.2) is 0 Å². The van der Waals surface area contributed by atoms with Gasteiger partial charge >= 0.3 is 6.09 Å². The second-order valence-corrected chi connectivity index (χ2v) is 9.83. The first-order valence-corrected chi connectivity index (χ1v) is 11.3. The van der Waals surface area contributed by atoms with E-state index < -0.39 is 5.60 Å². The third kappa shape index (κ3) is 4.96. The summed E-state index contributed by atoms with van der Waals surface area (Å²) in [5, 5.41) is 0. The molecule has 0 unspecified atom stereocenters. The third-order valence-corrected chi connectivity index (χ3v) is 6.14. The number of likely N-dealkylation sites (tertiary alicyclic amines) is 1. The van der Waals surface area contributed by atoms with E-state index in [4.69, 9.17) is 9.47 Å². The highest BCUT2D eigenvalue weighted by molar-refractivity contribution is 5.79. The Hall–Kier alpha value is -2.86. The molecule has 32 heavy (non-hydrogen) atoms. The van der Waals surface area contributed by atoms with Crippen molar-refractivity contribution in [2.24, 2.45) is 0 Å². The number of nitrogens with one attached hydrogen (secondary N) is 1. The molecule has 3 aromatic rings. The van der Waals surface area contributed by atoms with Crippen LogP contribution in [0.3, 0.4) is 0 Å². The first-order chi connectivity index (χ1) is 15.3. The van der Waals surface area contributed by atoms with E-state index in [1.807, 2.05) is 31.7 Å². The van der Waals surface area contributed by atoms with Gasteiger partial charge in [-0.2, -0.15) is 0 Å². The molecule has 0 atom stereocenters. The predicted molar refractivity (Wildman–Crippen MR) is 126 cm³/mol. The van der Waals surface area contributed by atoms with Crippen LogP contribution in [0.1, 0.15) is 50.3 Å². The lowest BCUT2D eigenvalue weighted by Crippen LogP contribution is -2.48. The molecule has 0 aliphatic carbocycles. The molecular weight excluding hydrogens is 402 g/mol. The predicted octanol–water partition coefficient (Wildman–Crippen LogP) is 5.36. The maximum Gasteiger partial charge on any atom is 0.410 e. The van der Waals surface area contributed by atoms with Crippen LogP contribution in [0.2, 0.25) is 0 Å². The van der Waals surface area contributed by atoms with Crippen molar-refractivity contribution in [2.75, 3.05) is 19.7 Å². The summed E-state index contributed by atoms with van der Waals surface area (Å²) >= 11 is 0. The second kappa shape index (κ2) is 8.94. The van der Waals surface area contributed by atoms with Crippen LogP contribution in [0.25, 0.3) is 11.0 Å². The Labute approximate surface area is 189 Å². The van der Waals surface area contributed by atoms with Crippen LogP contribution in [-0.4, -0.2) is 46.3 Å². The standard InChI is InChI=1S/C26H33N3O3/c1-19-14-20(23-22(15-19)27-18-28-23)16-31-17-26(21-8-6-5-7-9-21)10-12-29(13-11-26)24(30)32-25(2,3)4/h5-9,14-15,18H,10-13,16-17H2,1-4H3,(H,27,28). The molecule has 6 nitrogen and oxygen atoms in total. The zero-order valence-corrected chi connectivity index (χ0v) is 19.5. The molecule has 0 spiro atoms. The molecule has 6 heteroatoms. The molecule has 1 aliphatic rings. The summed E-state index contributed by atoms with van der Waals surface area (Å²) in [6.07, 6.45) is 3.16. The normalized spacial score (nSPS) is 16.3. The Morgan fingerprint density at radius 2 is 1.88 bits per heavy atom. The Bertz CT molecular complexity index is 1060. The maximum absolute atomic E-state index is 12.6. The van der Waals surface area contributed by atoms with Crippen LogP contribution in [0.4, 0.5) is 4.79 Å². The fourth-order valence-corrected chi connectivity index (χ4v) is 4.50. The topological polar surface area (TPSA) is 67.4 Å². The molecule has 1 aliphatic heterocycles. The highest BCUT2D eigenvalue weighted by Gasteiger charge is 2.38. The van der Waals surface area contributed by atoms with E-state index in [1.165, 1.54) is 11.1 Å². The molecule has 1 N–H and O–H groups in total. The number of fused-ring (bicyclic) bond motifs is 1. The number of aryl methyl sites for hydroxylation is 1. The van der Waals surface area contributed by atoms with E-state index in [-0.39, 0.29) is 11.5 Å². The molecule has 0 bridgehead atoms. The van der Waals surface area contributed by atoms with Gasteiger partial charge in [-0.1, -0.05) is 36.4 Å². The molecule has 1 amide bonds. The van der Waals surface area contributed by atoms with Gasteiger partial charge in [0.25, 0.3) is 0 Å². The fourth-order valence-electron chi connectivity index (χ4n) is 4.50. The van der Waals surface area contributed by atoms with E-state index in [0.29, 0.717) is 26.3 Å². The summed E-state index contributed by atoms with van der Waals surface area (Å²) in [6, 6.07) is 14.8. The number of benzene rings is 2. The van der Waals surface area contributed by atoms with Crippen molar-refractivity contribution in [3.8, 4) is 0 Å². The summed E-state index contributed by atoms with van der Waals surface area (Å²) in [5.41, 5.74) is 4.92. The molecule has 0 saturated carbocycles. The first-order valence-electron chi connectivity index (χ1n) is 11.3. The van der Waals surface area contributed by atoms with Crippen LogP contribution < -0.4 is 0 Å². The minimum absolute atomic E-state index is 0.131. The summed E-state index contributed by atoms with van der Waals surface area (Å²) in [5.74, 6) is 0. The number of hydrogen-bond acceptors (Lipinski definition) is 4. The van der Waals surface area contributed by atoms with Crippen LogP contribution in [0.5, 0.6) is 0 Å². The van der Waals surface area contributed by atoms with E-state index >= 15 is 0 Å². The van der Waals surface area contributed by atoms with Gasteiger partial charge in [-0.3, -0.25) is 0 Å². The number of rotatable bonds is 5. The molecule has 2 heterocycles. The lowest BCUT2D eigenvalue weighted by atomic mass is 9.73. The number of H-pyrrole nitrogens is 1. The smallest absolute Gasteiger partial charge is 0.410 e. The zero-order chi connectivity index (χ0) is 22.8. The molecule has 4 rings (SSSR count). The summed E-state index contributed by atoms with van der Waals surface area (Å²) in [4.78, 5) is 22.0. The average Bonchev–Trinajstić information content (AvgIpc) is 3.22. The van der Waals surface area contributed by atoms with Crippen molar-refractivity contribution in [1.29, 1.82) is 0 Å². The van der Waals surface area contributed by atoms with Gasteiger partial charge in [0, 0.05) is 24.1 Å². The Morgan fingerprint density at radius 1 is 1.16 bits per heavy atom. The number of aromatic nitrogens is 2. The minimum atomic E-state index is -0.487. The SMILES string of the molecule is Cc1cc(COCC2(c3ccccc3)CCN(C(=O)OC(C)(C)C)CC2)c2nc[nH]c2c1. The van der Waals surface area contributed by atoms with Crippen LogP contribution >= 0.6 is 0 Å². The number of piperidine rings is 1. The monoisotopic (exact) mass is 435 g/mol. The maximum atomic E-state index is 12.6. The van der Waals surface area contributed by atoms with Gasteiger partial charge in [-0.05, 0) is 57.7 Å². The number of ether oxygens (including phenoxy) is 2. The van der Waals surface area contributed by atoms with Gasteiger partial charge < -0.3 is 19.4 Å². The zero-order valence-electron chi connectivity index (χ0n) is 19.5. The lowest BCUT2D eigenvalue weighted by molar-refractivity contribution is 0.00342. The van der Waals surface area contributed by atoms with Crippen LogP contribution in [0, 0.1) is 6.92 Å². The Balaban J connectivity index is 1.47. The van der Waals surface area contributed by atoms with Crippen molar-refractivity contribution < 1.29 is 14.3 Å². The Kier molecular flexibility index (Phi) is 6.24. The van der Waals surface area contributed by atoms with Gasteiger partial charge in [0.2, 0.25) is 0 Å². The molecular formula is C26H33N3O3. The largest absolute Gasteiger partial charge is 0.444 e. The van der Waals surface area contributed by atoms with Crippen molar-refractivity contribution in [3.63, 3.8) is 0 Å². The first kappa shape index (κ1) is 22.3. The number of carbonyl (C=O) groups excluding carboxylic acids is 1. The van der Waals surface area contributed by atoms with Gasteiger partial charge in [-0.25, -0.2) is 9.78 Å². The highest BCUT2D eigenvalue weighted by atomic mass is 16.6. The van der Waals surface area contributed by atoms with Crippen LogP contribution in [0.15, 0.2) is 48.8 Å². The molecule has 1 saturated heterocycles. The lowest BCUT2D eigenvalue weighted by Gasteiger charge is -2.42. The van der Waals surface area contributed by atoms with Gasteiger partial charge in [0.1, 0.15) is 5.60 Å². The van der Waals surface area contributed by atoms with Crippen molar-refractivity contribution in [3.05, 3.63) is 65.5 Å². The number of carbonyl (C=O) groups is 1. The Morgan fingerprint density at radius 3 is 2.56 bits per heavy atom. The molecule has 0 radical (unpaired) electrons. The van der Waals surface area contributed by atoms with E-state index in [1.54, 1.807) is 6.33 Å². The van der Waals surface area contributed by atoms with E-state index in [9.17, 15) is 4.79 Å². The third-order valence-electron chi connectivity index (χ3n) is 6.14. The molecule has 170 valence electrons. The summed E-state index contributed by atoms with van der Waals surface area (Å²) in [7, 11) is 0. The molecule has 1 aromatic heterocycles. The fraction of sp³-hybridized carbons (Fsp3) is 0.462. The quantitative estimate of drug-likeness (QED) is 0.586.